The normalized spacial score (nSPS) is 23.3. The van der Waals surface area contributed by atoms with Crippen LogP contribution in [0.1, 0.15) is 0 Å². The molecule has 4 nitrogen and oxygen atoms in total. The maximum Gasteiger partial charge on any atom is 0.323 e. The van der Waals surface area contributed by atoms with Gasteiger partial charge in [-0.1, -0.05) is 0 Å². The van der Waals surface area contributed by atoms with E-state index in [4.69, 9.17) is 9.84 Å². The van der Waals surface area contributed by atoms with Gasteiger partial charge in [0.25, 0.3) is 0 Å². The molecule has 0 amide bonds. The van der Waals surface area contributed by atoms with Crippen molar-refractivity contribution in [2.24, 2.45) is 0 Å². The number of ether oxygens (including phenoxy) is 1. The standard InChI is InChI=1S/C5H9NO3.CH3Cl/c7-5(8)4-3-9-2-1-6-4;1-2/h4,6H,1-3H2,(H,7,8);1H3. The van der Waals surface area contributed by atoms with Gasteiger partial charge in [-0.15, -0.1) is 11.6 Å². The van der Waals surface area contributed by atoms with E-state index < -0.39 is 12.0 Å². The molecule has 1 saturated heterocycles. The van der Waals surface area contributed by atoms with Gasteiger partial charge in [0.1, 0.15) is 6.04 Å². The van der Waals surface area contributed by atoms with Crippen LogP contribution in [-0.2, 0) is 9.53 Å². The first kappa shape index (κ1) is 10.7. The predicted octanol–water partition coefficient (Wildman–Crippen LogP) is -0.0856. The Kier molecular flexibility index (Phi) is 6.21. The number of rotatable bonds is 1. The third-order valence-corrected chi connectivity index (χ3v) is 1.22. The topological polar surface area (TPSA) is 58.6 Å². The molecule has 66 valence electrons. The van der Waals surface area contributed by atoms with Crippen LogP contribution in [0.15, 0.2) is 0 Å². The van der Waals surface area contributed by atoms with Crippen molar-refractivity contribution in [3.05, 3.63) is 0 Å². The second kappa shape index (κ2) is 6.39. The Balaban J connectivity index is 0.000000461. The zero-order chi connectivity index (χ0) is 8.69. The molecule has 5 heteroatoms. The number of alkyl halides is 1. The van der Waals surface area contributed by atoms with Crippen molar-refractivity contribution in [2.45, 2.75) is 6.04 Å². The van der Waals surface area contributed by atoms with E-state index in [1.165, 1.54) is 6.38 Å². The SMILES string of the molecule is CCl.O=C(O)C1COCCN1. The van der Waals surface area contributed by atoms with Gasteiger partial charge in [-0.2, -0.15) is 0 Å². The molecule has 1 fully saturated rings. The third kappa shape index (κ3) is 4.19. The number of carboxylic acid groups (broad SMARTS) is 1. The van der Waals surface area contributed by atoms with E-state index in [1.807, 2.05) is 0 Å². The summed E-state index contributed by atoms with van der Waals surface area (Å²) in [6.07, 6.45) is 1.47. The Morgan fingerprint density at radius 2 is 2.36 bits per heavy atom. The molecule has 0 aliphatic carbocycles. The van der Waals surface area contributed by atoms with Gasteiger partial charge >= 0.3 is 5.97 Å². The van der Waals surface area contributed by atoms with E-state index in [0.717, 1.165) is 0 Å². The van der Waals surface area contributed by atoms with Crippen molar-refractivity contribution in [2.75, 3.05) is 26.1 Å². The fraction of sp³-hybridized carbons (Fsp3) is 0.833. The van der Waals surface area contributed by atoms with Crippen molar-refractivity contribution < 1.29 is 14.6 Å². The Morgan fingerprint density at radius 3 is 2.64 bits per heavy atom. The van der Waals surface area contributed by atoms with E-state index in [0.29, 0.717) is 13.2 Å². The van der Waals surface area contributed by atoms with E-state index in [2.05, 4.69) is 16.9 Å². The second-order valence-electron chi connectivity index (χ2n) is 1.92. The molecule has 1 atom stereocenters. The van der Waals surface area contributed by atoms with Gasteiger partial charge in [-0.25, -0.2) is 0 Å². The highest BCUT2D eigenvalue weighted by atomic mass is 35.5. The zero-order valence-electron chi connectivity index (χ0n) is 6.34. The molecule has 1 unspecified atom stereocenters. The van der Waals surface area contributed by atoms with Crippen LogP contribution >= 0.6 is 11.6 Å². The summed E-state index contributed by atoms with van der Waals surface area (Å²) in [6, 6.07) is -0.501. The highest BCUT2D eigenvalue weighted by Gasteiger charge is 2.19. The number of hydrogen-bond acceptors (Lipinski definition) is 3. The molecule has 0 radical (unpaired) electrons. The molecule has 0 aromatic rings. The molecule has 1 aliphatic rings. The van der Waals surface area contributed by atoms with Crippen LogP contribution in [0, 0.1) is 0 Å². The highest BCUT2D eigenvalue weighted by molar-refractivity contribution is 6.15. The largest absolute Gasteiger partial charge is 0.480 e. The number of nitrogens with one attached hydrogen (secondary N) is 1. The van der Waals surface area contributed by atoms with Gasteiger partial charge in [0, 0.05) is 12.9 Å². The average Bonchev–Trinajstić information content (AvgIpc) is 2.10. The smallest absolute Gasteiger partial charge is 0.323 e. The molecule has 0 bridgehead atoms. The van der Waals surface area contributed by atoms with Crippen molar-refractivity contribution in [3.63, 3.8) is 0 Å². The van der Waals surface area contributed by atoms with Gasteiger partial charge in [-0.3, -0.25) is 4.79 Å². The van der Waals surface area contributed by atoms with Gasteiger partial charge in [0.2, 0.25) is 0 Å². The number of morpholine rings is 1. The summed E-state index contributed by atoms with van der Waals surface area (Å²) in [5.41, 5.74) is 0. The first-order valence-electron chi connectivity index (χ1n) is 3.22. The number of halogens is 1. The molecule has 0 saturated carbocycles. The van der Waals surface area contributed by atoms with Gasteiger partial charge < -0.3 is 15.2 Å². The van der Waals surface area contributed by atoms with E-state index in [9.17, 15) is 4.79 Å². The molecular weight excluding hydrogens is 170 g/mol. The Hall–Kier alpha value is -0.320. The molecule has 0 aromatic heterocycles. The Labute approximate surface area is 70.5 Å². The molecule has 11 heavy (non-hydrogen) atoms. The average molecular weight is 182 g/mol. The monoisotopic (exact) mass is 181 g/mol. The minimum atomic E-state index is -0.838. The molecule has 0 spiro atoms. The minimum Gasteiger partial charge on any atom is -0.480 e. The van der Waals surface area contributed by atoms with Crippen LogP contribution in [0.3, 0.4) is 0 Å². The first-order valence-corrected chi connectivity index (χ1v) is 3.98. The highest BCUT2D eigenvalue weighted by Crippen LogP contribution is 1.91. The summed E-state index contributed by atoms with van der Waals surface area (Å²) in [6.45, 7) is 1.54. The van der Waals surface area contributed by atoms with Crippen LogP contribution in [-0.4, -0.2) is 43.3 Å². The van der Waals surface area contributed by atoms with E-state index in [-0.39, 0.29) is 6.61 Å². The lowest BCUT2D eigenvalue weighted by molar-refractivity contribution is -0.142. The predicted molar refractivity (Wildman–Crippen MR) is 42.0 cm³/mol. The molecule has 0 aromatic carbocycles. The zero-order valence-corrected chi connectivity index (χ0v) is 7.10. The van der Waals surface area contributed by atoms with Crippen molar-refractivity contribution in [3.8, 4) is 0 Å². The van der Waals surface area contributed by atoms with Crippen molar-refractivity contribution in [1.29, 1.82) is 0 Å². The van der Waals surface area contributed by atoms with Crippen LogP contribution < -0.4 is 5.32 Å². The second-order valence-corrected chi connectivity index (χ2v) is 1.92. The minimum absolute atomic E-state index is 0.287. The van der Waals surface area contributed by atoms with Crippen LogP contribution in [0.4, 0.5) is 0 Å². The van der Waals surface area contributed by atoms with Crippen LogP contribution in [0.2, 0.25) is 0 Å². The summed E-state index contributed by atoms with van der Waals surface area (Å²) in [5.74, 6) is -0.838. The summed E-state index contributed by atoms with van der Waals surface area (Å²) in [5, 5.41) is 11.2. The van der Waals surface area contributed by atoms with Crippen molar-refractivity contribution >= 4 is 17.6 Å². The van der Waals surface area contributed by atoms with Gasteiger partial charge in [0.05, 0.1) is 13.2 Å². The van der Waals surface area contributed by atoms with Crippen LogP contribution in [0.5, 0.6) is 0 Å². The summed E-state index contributed by atoms with van der Waals surface area (Å²) < 4.78 is 4.90. The molecule has 2 N–H and O–H groups in total. The molecule has 1 rings (SSSR count). The van der Waals surface area contributed by atoms with Gasteiger partial charge in [0.15, 0.2) is 0 Å². The maximum absolute atomic E-state index is 10.2. The quantitative estimate of drug-likeness (QED) is 0.556. The molecule has 1 aliphatic heterocycles. The van der Waals surface area contributed by atoms with Crippen molar-refractivity contribution in [1.82, 2.24) is 5.32 Å². The molecule has 1 heterocycles. The van der Waals surface area contributed by atoms with E-state index in [1.54, 1.807) is 0 Å². The Bertz CT molecular complexity index is 114. The number of carbonyl (C=O) groups is 1. The Morgan fingerprint density at radius 1 is 1.73 bits per heavy atom. The van der Waals surface area contributed by atoms with E-state index >= 15 is 0 Å². The number of carboxylic acids is 1. The maximum atomic E-state index is 10.2. The summed E-state index contributed by atoms with van der Waals surface area (Å²) in [7, 11) is 0. The third-order valence-electron chi connectivity index (χ3n) is 1.22. The number of aliphatic carboxylic acids is 1. The summed E-state index contributed by atoms with van der Waals surface area (Å²) >= 11 is 4.64. The fourth-order valence-electron chi connectivity index (χ4n) is 0.724. The lowest BCUT2D eigenvalue weighted by Gasteiger charge is -2.19. The van der Waals surface area contributed by atoms with Gasteiger partial charge in [-0.05, 0) is 0 Å². The summed E-state index contributed by atoms with van der Waals surface area (Å²) in [4.78, 5) is 10.2. The first-order chi connectivity index (χ1) is 5.30. The number of hydrogen-bond donors (Lipinski definition) is 2. The lowest BCUT2D eigenvalue weighted by Crippen LogP contribution is -2.46. The molecular formula is C6H12ClNO3. The lowest BCUT2D eigenvalue weighted by atomic mass is 10.3. The fourth-order valence-corrected chi connectivity index (χ4v) is 0.724. The van der Waals surface area contributed by atoms with Crippen LogP contribution in [0.25, 0.3) is 0 Å².